The van der Waals surface area contributed by atoms with E-state index in [4.69, 9.17) is 0 Å². The summed E-state index contributed by atoms with van der Waals surface area (Å²) in [5, 5.41) is 5.10. The van der Waals surface area contributed by atoms with Crippen LogP contribution in [0.5, 0.6) is 0 Å². The summed E-state index contributed by atoms with van der Waals surface area (Å²) in [6.07, 6.45) is 1.12. The van der Waals surface area contributed by atoms with Crippen molar-refractivity contribution in [2.24, 2.45) is 0 Å². The number of hydrogen-bond acceptors (Lipinski definition) is 4. The molecule has 0 atom stereocenters. The molecule has 1 aromatic heterocycles. The lowest BCUT2D eigenvalue weighted by atomic mass is 10.2. The monoisotopic (exact) mass is 284 g/mol. The van der Waals surface area contributed by atoms with Crippen molar-refractivity contribution in [3.63, 3.8) is 0 Å². The van der Waals surface area contributed by atoms with E-state index in [0.717, 1.165) is 23.0 Å². The Kier molecular flexibility index (Phi) is 4.27. The van der Waals surface area contributed by atoms with Crippen molar-refractivity contribution in [3.05, 3.63) is 42.2 Å². The Morgan fingerprint density at radius 3 is 2.52 bits per heavy atom. The van der Waals surface area contributed by atoms with Crippen LogP contribution in [0, 0.1) is 13.8 Å². The molecule has 1 heterocycles. The zero-order valence-corrected chi connectivity index (χ0v) is 11.9. The Labute approximate surface area is 122 Å². The van der Waals surface area contributed by atoms with Crippen molar-refractivity contribution in [1.29, 1.82) is 0 Å². The quantitative estimate of drug-likeness (QED) is 0.833. The SMILES string of the molecule is C=CC(=O)NCC(=O)Nc1ccc2nc(C)c(C)nc2c1. The van der Waals surface area contributed by atoms with E-state index in [1.54, 1.807) is 18.2 Å². The molecule has 0 aliphatic rings. The molecule has 21 heavy (non-hydrogen) atoms. The molecular formula is C15H16N4O2. The molecule has 0 saturated heterocycles. The number of nitrogens with one attached hydrogen (secondary N) is 2. The maximum absolute atomic E-state index is 11.7. The predicted octanol–water partition coefficient (Wildman–Crippen LogP) is 1.49. The Morgan fingerprint density at radius 2 is 1.86 bits per heavy atom. The van der Waals surface area contributed by atoms with Crippen molar-refractivity contribution in [1.82, 2.24) is 15.3 Å². The van der Waals surface area contributed by atoms with Crippen LogP contribution in [0.1, 0.15) is 11.4 Å². The van der Waals surface area contributed by atoms with Crippen LogP contribution in [0.25, 0.3) is 11.0 Å². The van der Waals surface area contributed by atoms with Crippen molar-refractivity contribution in [2.45, 2.75) is 13.8 Å². The Morgan fingerprint density at radius 1 is 1.19 bits per heavy atom. The normalized spacial score (nSPS) is 10.2. The first-order chi connectivity index (χ1) is 9.99. The first kappa shape index (κ1) is 14.6. The highest BCUT2D eigenvalue weighted by atomic mass is 16.2. The third-order valence-corrected chi connectivity index (χ3v) is 2.97. The molecule has 6 heteroatoms. The summed E-state index contributed by atoms with van der Waals surface area (Å²) in [5.74, 6) is -0.707. The van der Waals surface area contributed by atoms with Crippen molar-refractivity contribution >= 4 is 28.5 Å². The van der Waals surface area contributed by atoms with Crippen LogP contribution in [0.15, 0.2) is 30.9 Å². The molecule has 0 fully saturated rings. The number of aryl methyl sites for hydroxylation is 2. The molecule has 0 spiro atoms. The second-order valence-corrected chi connectivity index (χ2v) is 4.57. The first-order valence-corrected chi connectivity index (χ1v) is 6.44. The van der Waals surface area contributed by atoms with E-state index >= 15 is 0 Å². The van der Waals surface area contributed by atoms with Gasteiger partial charge in [0.25, 0.3) is 0 Å². The number of anilines is 1. The molecule has 0 radical (unpaired) electrons. The van der Waals surface area contributed by atoms with Gasteiger partial charge in [0.2, 0.25) is 11.8 Å². The summed E-state index contributed by atoms with van der Waals surface area (Å²) in [6.45, 7) is 6.99. The van der Waals surface area contributed by atoms with Crippen LogP contribution in [0.4, 0.5) is 5.69 Å². The minimum absolute atomic E-state index is 0.110. The molecule has 2 aromatic rings. The van der Waals surface area contributed by atoms with E-state index in [2.05, 4.69) is 27.2 Å². The average molecular weight is 284 g/mol. The lowest BCUT2D eigenvalue weighted by molar-refractivity contribution is -0.121. The van der Waals surface area contributed by atoms with E-state index in [1.807, 2.05) is 13.8 Å². The summed E-state index contributed by atoms with van der Waals surface area (Å²) in [5.41, 5.74) is 3.83. The van der Waals surface area contributed by atoms with Gasteiger partial charge in [-0.15, -0.1) is 0 Å². The lowest BCUT2D eigenvalue weighted by Crippen LogP contribution is -2.31. The summed E-state index contributed by atoms with van der Waals surface area (Å²) >= 11 is 0. The minimum atomic E-state index is -0.388. The number of fused-ring (bicyclic) bond motifs is 1. The van der Waals surface area contributed by atoms with Gasteiger partial charge in [0.05, 0.1) is 29.0 Å². The smallest absolute Gasteiger partial charge is 0.243 e. The highest BCUT2D eigenvalue weighted by Gasteiger charge is 2.06. The average Bonchev–Trinajstić information content (AvgIpc) is 2.46. The van der Waals surface area contributed by atoms with Crippen molar-refractivity contribution in [2.75, 3.05) is 11.9 Å². The Bertz CT molecular complexity index is 725. The zero-order chi connectivity index (χ0) is 15.4. The number of carbonyl (C=O) groups is 2. The second kappa shape index (κ2) is 6.13. The molecule has 2 rings (SSSR count). The number of rotatable bonds is 4. The van der Waals surface area contributed by atoms with Crippen molar-refractivity contribution in [3.8, 4) is 0 Å². The van der Waals surface area contributed by atoms with Crippen LogP contribution in [0.3, 0.4) is 0 Å². The molecule has 0 unspecified atom stereocenters. The standard InChI is InChI=1S/C15H16N4O2/c1-4-14(20)16-8-15(21)19-11-5-6-12-13(7-11)18-10(3)9(2)17-12/h4-7H,1,8H2,2-3H3,(H,16,20)(H,19,21). The maximum atomic E-state index is 11.7. The molecule has 2 N–H and O–H groups in total. The van der Waals surface area contributed by atoms with Crippen LogP contribution >= 0.6 is 0 Å². The van der Waals surface area contributed by atoms with Gasteiger partial charge in [-0.25, -0.2) is 9.97 Å². The van der Waals surface area contributed by atoms with Gasteiger partial charge in [-0.05, 0) is 38.1 Å². The number of hydrogen-bond donors (Lipinski definition) is 2. The number of amides is 2. The number of carbonyl (C=O) groups excluding carboxylic acids is 2. The van der Waals surface area contributed by atoms with E-state index in [-0.39, 0.29) is 18.4 Å². The van der Waals surface area contributed by atoms with E-state index < -0.39 is 0 Å². The van der Waals surface area contributed by atoms with Gasteiger partial charge < -0.3 is 10.6 Å². The third kappa shape index (κ3) is 3.62. The lowest BCUT2D eigenvalue weighted by Gasteiger charge is -2.07. The molecule has 108 valence electrons. The van der Waals surface area contributed by atoms with E-state index in [9.17, 15) is 9.59 Å². The minimum Gasteiger partial charge on any atom is -0.343 e. The number of nitrogens with zero attached hydrogens (tertiary/aromatic N) is 2. The summed E-state index contributed by atoms with van der Waals surface area (Å²) < 4.78 is 0. The fourth-order valence-electron chi connectivity index (χ4n) is 1.75. The number of benzene rings is 1. The van der Waals surface area contributed by atoms with Crippen LogP contribution < -0.4 is 10.6 Å². The molecule has 2 amide bonds. The topological polar surface area (TPSA) is 84.0 Å². The molecule has 0 saturated carbocycles. The maximum Gasteiger partial charge on any atom is 0.243 e. The second-order valence-electron chi connectivity index (χ2n) is 4.57. The molecule has 0 bridgehead atoms. The first-order valence-electron chi connectivity index (χ1n) is 6.44. The van der Waals surface area contributed by atoms with E-state index in [0.29, 0.717) is 11.2 Å². The van der Waals surface area contributed by atoms with Gasteiger partial charge in [0.15, 0.2) is 0 Å². The zero-order valence-electron chi connectivity index (χ0n) is 11.9. The number of aromatic nitrogens is 2. The van der Waals surface area contributed by atoms with Gasteiger partial charge in [-0.3, -0.25) is 9.59 Å². The van der Waals surface area contributed by atoms with Gasteiger partial charge >= 0.3 is 0 Å². The van der Waals surface area contributed by atoms with Crippen LogP contribution in [0.2, 0.25) is 0 Å². The Hall–Kier alpha value is -2.76. The van der Waals surface area contributed by atoms with Crippen LogP contribution in [-0.2, 0) is 9.59 Å². The third-order valence-electron chi connectivity index (χ3n) is 2.97. The van der Waals surface area contributed by atoms with Crippen LogP contribution in [-0.4, -0.2) is 28.3 Å². The Balaban J connectivity index is 2.12. The molecule has 1 aromatic carbocycles. The molecular weight excluding hydrogens is 268 g/mol. The molecule has 6 nitrogen and oxygen atoms in total. The largest absolute Gasteiger partial charge is 0.343 e. The highest BCUT2D eigenvalue weighted by Crippen LogP contribution is 2.17. The van der Waals surface area contributed by atoms with Crippen molar-refractivity contribution < 1.29 is 9.59 Å². The summed E-state index contributed by atoms with van der Waals surface area (Å²) in [7, 11) is 0. The van der Waals surface area contributed by atoms with Gasteiger partial charge in [0, 0.05) is 5.69 Å². The van der Waals surface area contributed by atoms with Gasteiger partial charge in [0.1, 0.15) is 0 Å². The summed E-state index contributed by atoms with van der Waals surface area (Å²) in [6, 6.07) is 5.30. The van der Waals surface area contributed by atoms with E-state index in [1.165, 1.54) is 0 Å². The fourth-order valence-corrected chi connectivity index (χ4v) is 1.75. The molecule has 0 aliphatic carbocycles. The van der Waals surface area contributed by atoms with Gasteiger partial charge in [-0.2, -0.15) is 0 Å². The predicted molar refractivity (Wildman–Crippen MR) is 80.8 cm³/mol. The van der Waals surface area contributed by atoms with Gasteiger partial charge in [-0.1, -0.05) is 6.58 Å². The summed E-state index contributed by atoms with van der Waals surface area (Å²) in [4.78, 5) is 31.5. The highest BCUT2D eigenvalue weighted by molar-refractivity contribution is 5.97. The molecule has 0 aliphatic heterocycles. The fraction of sp³-hybridized carbons (Fsp3) is 0.200.